The van der Waals surface area contributed by atoms with Gasteiger partial charge in [0.2, 0.25) is 0 Å². The van der Waals surface area contributed by atoms with Crippen LogP contribution in [0.3, 0.4) is 0 Å². The van der Waals surface area contributed by atoms with E-state index in [0.717, 1.165) is 22.3 Å². The fourth-order valence-corrected chi connectivity index (χ4v) is 79.9. The first-order chi connectivity index (χ1) is 24.3. The molecule has 2 aliphatic carbocycles. The molecular weight excluding hydrogens is 1140 g/mol. The summed E-state index contributed by atoms with van der Waals surface area (Å²) < 4.78 is -8.95. The van der Waals surface area contributed by atoms with Crippen molar-refractivity contribution in [1.29, 1.82) is 0 Å². The Labute approximate surface area is 354 Å². The molecule has 0 N–H and O–H groups in total. The predicted octanol–water partition coefficient (Wildman–Crippen LogP) is 14.9. The first-order valence-electron chi connectivity index (χ1n) is 18.0. The van der Waals surface area contributed by atoms with Crippen LogP contribution in [0.15, 0.2) is 104 Å². The number of halogens is 6. The van der Waals surface area contributed by atoms with Crippen LogP contribution in [-0.2, 0) is 43.8 Å². The summed E-state index contributed by atoms with van der Waals surface area (Å²) in [5.74, 6) is -2.46. The van der Waals surface area contributed by atoms with Gasteiger partial charge in [-0.15, -0.1) is 0 Å². The summed E-state index contributed by atoms with van der Waals surface area (Å²) in [6.45, 7) is 8.95. The number of hydrogen-bond acceptors (Lipinski definition) is 0. The van der Waals surface area contributed by atoms with Crippen LogP contribution in [0.2, 0.25) is 13.1 Å². The van der Waals surface area contributed by atoms with Crippen LogP contribution < -0.4 is 0 Å². The molecule has 0 bridgehead atoms. The van der Waals surface area contributed by atoms with Crippen LogP contribution in [-0.4, -0.2) is 56.0 Å². The van der Waals surface area contributed by atoms with Crippen LogP contribution in [0.4, 0.5) is 0 Å². The monoisotopic (exact) mass is 1190 g/mol. The van der Waals surface area contributed by atoms with E-state index < -0.39 is 13.4 Å². The molecule has 2 atom stereocenters. The minimum atomic E-state index is -7.94. The molecule has 12 heteroatoms. The van der Waals surface area contributed by atoms with E-state index in [1.54, 1.807) is 0 Å². The normalized spacial score (nSPS) is 21.2. The second-order valence-corrected chi connectivity index (χ2v) is 254. The van der Waals surface area contributed by atoms with Crippen molar-refractivity contribution in [2.45, 2.75) is 53.8 Å². The average molecular weight is 1200 g/mol. The van der Waals surface area contributed by atoms with E-state index in [2.05, 4.69) is 211 Å². The van der Waals surface area contributed by atoms with Gasteiger partial charge in [0.15, 0.2) is 0 Å². The van der Waals surface area contributed by atoms with Crippen LogP contribution in [0.5, 0.6) is 0 Å². The van der Waals surface area contributed by atoms with Crippen molar-refractivity contribution in [2.24, 2.45) is 0 Å². The van der Waals surface area contributed by atoms with E-state index in [9.17, 15) is 17.0 Å². The molecule has 6 rings (SSSR count). The van der Waals surface area contributed by atoms with Crippen molar-refractivity contribution in [1.82, 2.24) is 0 Å². The first-order valence-corrected chi connectivity index (χ1v) is 65.0. The van der Waals surface area contributed by atoms with Gasteiger partial charge in [-0.2, -0.15) is 0 Å². The number of allylic oxidation sites excluding steroid dienone is 2. The van der Waals surface area contributed by atoms with E-state index in [1.165, 1.54) is 53.0 Å². The molecule has 0 aliphatic heterocycles. The first kappa shape index (κ1) is 44.9. The van der Waals surface area contributed by atoms with Crippen molar-refractivity contribution in [2.75, 3.05) is 50.0 Å². The maximum absolute atomic E-state index is 9.25. The molecule has 0 saturated carbocycles. The third-order valence-corrected chi connectivity index (χ3v) is 175. The Kier molecular flexibility index (Phi) is 9.84. The van der Waals surface area contributed by atoms with Gasteiger partial charge in [-0.25, -0.2) is 0 Å². The standard InChI is InChI=1S/2C20H23S2.C2H7Si.4BrH.2ClH.Zr/c2*1-14-9-15-7-6-8-19(20(15)10-14)16-11-17(21(2)3)13-18(12-16)22(4)5;1-3-2;;;;;;;/h2*6-13H,1-5H3;3H,1-2H3;6*1H;/q2*+2;;;;;;;;+6/p-6. The quantitative estimate of drug-likeness (QED) is 0.116. The van der Waals surface area contributed by atoms with Crippen LogP contribution in [0.1, 0.15) is 43.4 Å². The molecule has 0 nitrogen and oxygen atoms in total. The number of hydrogen-bond donors (Lipinski definition) is 0. The zero-order chi connectivity index (χ0) is 40.4. The SMILES string of the molecule is CC1=Cc2c(-c3cc([S+](C)C)cc([S+](C)C)c3)cccc2[CH]1[Zr]([Cl])([Cl])([Br])([Br])([Br])([Br])([CH]1C(C)=Cc2c(-c3cc([S+](C)C)cc([S+](C)C)c3)cccc21)[SiH](C)C. The third-order valence-electron chi connectivity index (χ3n) is 12.8. The Balaban J connectivity index is 1.69. The Morgan fingerprint density at radius 3 is 1.07 bits per heavy atom. The topological polar surface area (TPSA) is 0 Å². The number of benzene rings is 4. The molecule has 2 unspecified atom stereocenters. The van der Waals surface area contributed by atoms with E-state index in [1.807, 2.05) is 0 Å². The molecule has 0 heterocycles. The summed E-state index contributed by atoms with van der Waals surface area (Å²) >= 11 is 18.6. The molecule has 0 radical (unpaired) electrons. The number of rotatable bonds is 9. The molecular formula is C42H53Br4Cl2S4SiZr+4. The van der Waals surface area contributed by atoms with E-state index in [-0.39, 0.29) is 43.6 Å². The summed E-state index contributed by atoms with van der Waals surface area (Å²) in [4.78, 5) is 5.52. The molecule has 4 aromatic rings. The van der Waals surface area contributed by atoms with E-state index in [0.29, 0.717) is 0 Å². The average Bonchev–Trinajstić information content (AvgIpc) is 3.61. The zero-order valence-corrected chi connectivity index (χ0v) is 48.0. The third kappa shape index (κ3) is 6.56. The van der Waals surface area contributed by atoms with Crippen molar-refractivity contribution in [3.05, 3.63) is 106 Å². The van der Waals surface area contributed by atoms with Gasteiger partial charge in [0, 0.05) is 0 Å². The van der Waals surface area contributed by atoms with Crippen LogP contribution in [0.25, 0.3) is 34.4 Å². The maximum atomic E-state index is 9.25. The minimum absolute atomic E-state index is 0.118. The van der Waals surface area contributed by atoms with Gasteiger partial charge in [-0.3, -0.25) is 0 Å². The van der Waals surface area contributed by atoms with Crippen LogP contribution in [0, 0.1) is 0 Å². The van der Waals surface area contributed by atoms with Crippen molar-refractivity contribution < 1.29 is 0.223 Å². The van der Waals surface area contributed by atoms with E-state index in [4.69, 9.17) is 0 Å². The molecule has 0 fully saturated rings. The molecule has 291 valence electrons. The van der Waals surface area contributed by atoms with E-state index >= 15 is 0 Å². The molecule has 4 aromatic carbocycles. The number of fused-ring (bicyclic) bond motifs is 2. The Bertz CT molecular complexity index is 2220. The molecule has 2 aliphatic rings. The van der Waals surface area contributed by atoms with Gasteiger partial charge in [0.25, 0.3) is 0 Å². The van der Waals surface area contributed by atoms with Gasteiger partial charge < -0.3 is 0 Å². The molecule has 0 amide bonds. The fraction of sp³-hybridized carbons (Fsp3) is 0.333. The summed E-state index contributed by atoms with van der Waals surface area (Å²) in [5.41, 5.74) is 11.6. The summed E-state index contributed by atoms with van der Waals surface area (Å²) in [6.07, 6.45) is 23.1. The molecule has 0 spiro atoms. The van der Waals surface area contributed by atoms with Crippen molar-refractivity contribution in [3.63, 3.8) is 0 Å². The molecule has 54 heavy (non-hydrogen) atoms. The van der Waals surface area contributed by atoms with Gasteiger partial charge in [0.1, 0.15) is 0 Å². The Morgan fingerprint density at radius 2 is 0.815 bits per heavy atom. The van der Waals surface area contributed by atoms with Gasteiger partial charge in [-0.1, -0.05) is 0 Å². The van der Waals surface area contributed by atoms with Gasteiger partial charge >= 0.3 is 360 Å². The van der Waals surface area contributed by atoms with Gasteiger partial charge in [0.05, 0.1) is 0 Å². The molecule has 0 aromatic heterocycles. The summed E-state index contributed by atoms with van der Waals surface area (Å²) in [6, 6.07) is 27.7. The van der Waals surface area contributed by atoms with Crippen molar-refractivity contribution in [3.8, 4) is 22.3 Å². The zero-order valence-electron chi connectivity index (χ0n) is 33.2. The van der Waals surface area contributed by atoms with Gasteiger partial charge in [-0.05, 0) is 0 Å². The fourth-order valence-electron chi connectivity index (χ4n) is 9.46. The molecule has 0 saturated heterocycles. The second kappa shape index (κ2) is 11.8. The summed E-state index contributed by atoms with van der Waals surface area (Å²) in [7, 11) is 19.0. The van der Waals surface area contributed by atoms with Crippen molar-refractivity contribution >= 4 is 128 Å². The predicted molar refractivity (Wildman–Crippen MR) is 273 cm³/mol. The summed E-state index contributed by atoms with van der Waals surface area (Å²) in [5, 5.41) is 0. The second-order valence-electron chi connectivity index (χ2n) is 17.6. The Hall–Kier alpha value is 1.36. The Morgan fingerprint density at radius 1 is 0.519 bits per heavy atom. The van der Waals surface area contributed by atoms with Crippen LogP contribution >= 0.6 is 65.9 Å².